The van der Waals surface area contributed by atoms with Crippen LogP contribution >= 0.6 is 11.8 Å². The van der Waals surface area contributed by atoms with E-state index in [1.165, 1.54) is 0 Å². The van der Waals surface area contributed by atoms with Crippen molar-refractivity contribution < 1.29 is 18.0 Å². The Balaban J connectivity index is 1.19. The van der Waals surface area contributed by atoms with Crippen LogP contribution in [0, 0.1) is 0 Å². The summed E-state index contributed by atoms with van der Waals surface area (Å²) in [6, 6.07) is 15.2. The zero-order valence-corrected chi connectivity index (χ0v) is 23.0. The van der Waals surface area contributed by atoms with Crippen LogP contribution in [0.25, 0.3) is 11.1 Å². The minimum absolute atomic E-state index is 0.124. The normalized spacial score (nSPS) is 17.0. The van der Waals surface area contributed by atoms with Crippen molar-refractivity contribution in [2.45, 2.75) is 62.1 Å². The number of rotatable bonds is 12. The topological polar surface area (TPSA) is 73.0 Å². The lowest BCUT2D eigenvalue weighted by Gasteiger charge is -2.31. The molecule has 1 unspecified atom stereocenters. The molecule has 0 spiro atoms. The van der Waals surface area contributed by atoms with Crippen LogP contribution in [0.5, 0.6) is 0 Å². The number of fused-ring (bicyclic) bond motifs is 3. The molecular weight excluding hydrogens is 535 g/mol. The van der Waals surface area contributed by atoms with E-state index in [-0.39, 0.29) is 6.04 Å². The molecule has 0 saturated carbocycles. The van der Waals surface area contributed by atoms with E-state index < -0.39 is 24.0 Å². The number of hydrogen-bond donors (Lipinski definition) is 2. The molecule has 0 aliphatic heterocycles. The smallest absolute Gasteiger partial charge is 0.405 e. The van der Waals surface area contributed by atoms with Gasteiger partial charge in [0.2, 0.25) is 5.91 Å². The first-order chi connectivity index (χ1) is 19.3. The van der Waals surface area contributed by atoms with Crippen molar-refractivity contribution in [1.29, 1.82) is 0 Å². The number of carbonyl (C=O) groups excluding carboxylic acids is 1. The quantitative estimate of drug-likeness (QED) is 0.167. The van der Waals surface area contributed by atoms with Crippen LogP contribution in [0.3, 0.4) is 0 Å². The number of aromatic nitrogens is 3. The summed E-state index contributed by atoms with van der Waals surface area (Å²) in [4.78, 5) is 13.6. The number of alkyl halides is 3. The molecule has 0 saturated heterocycles. The van der Waals surface area contributed by atoms with Gasteiger partial charge in [-0.1, -0.05) is 85.3 Å². The molecule has 0 fully saturated rings. The maximum atomic E-state index is 13.6. The summed E-state index contributed by atoms with van der Waals surface area (Å²) in [5, 5.41) is 14.7. The van der Waals surface area contributed by atoms with Gasteiger partial charge in [-0.25, -0.2) is 0 Å². The summed E-state index contributed by atoms with van der Waals surface area (Å²) in [7, 11) is 0. The number of benzene rings is 2. The highest BCUT2D eigenvalue weighted by Crippen LogP contribution is 2.51. The Hall–Kier alpha value is -3.46. The zero-order valence-electron chi connectivity index (χ0n) is 22.2. The van der Waals surface area contributed by atoms with E-state index in [1.54, 1.807) is 11.8 Å². The molecule has 1 aromatic heterocycles. The third kappa shape index (κ3) is 5.84. The second-order valence-electron chi connectivity index (χ2n) is 10.0. The average Bonchev–Trinajstić information content (AvgIpc) is 3.22. The molecule has 0 bridgehead atoms. The minimum Gasteiger partial charge on any atom is -0.508 e. The fraction of sp³-hybridized carbons (Fsp3) is 0.367. The lowest BCUT2D eigenvalue weighted by atomic mass is 9.73. The molecule has 3 aromatic rings. The number of unbranched alkanes of at least 4 members (excludes halogenated alkanes) is 2. The molecule has 1 amide bonds. The molecule has 1 heterocycles. The van der Waals surface area contributed by atoms with Gasteiger partial charge in [0.25, 0.3) is 0 Å². The lowest BCUT2D eigenvalue weighted by molar-refractivity contribution is -0.141. The van der Waals surface area contributed by atoms with Gasteiger partial charge in [0.1, 0.15) is 17.1 Å². The van der Waals surface area contributed by atoms with E-state index in [9.17, 15) is 18.0 Å². The Labute approximate surface area is 235 Å². The number of allylic oxidation sites excluding steroid dienone is 1. The molecular formula is C30H31F3N5OS-. The summed E-state index contributed by atoms with van der Waals surface area (Å²) in [6.45, 7) is 1.23. The molecule has 2 aliphatic rings. The average molecular weight is 567 g/mol. The summed E-state index contributed by atoms with van der Waals surface area (Å²) in [6.07, 6.45) is 4.29. The monoisotopic (exact) mass is 566 g/mol. The van der Waals surface area contributed by atoms with Crippen LogP contribution in [0.4, 0.5) is 13.2 Å². The van der Waals surface area contributed by atoms with Gasteiger partial charge in [-0.3, -0.25) is 10.1 Å². The Morgan fingerprint density at radius 2 is 1.80 bits per heavy atom. The number of thioether (sulfide) groups is 1. The number of nitrogens with zero attached hydrogens (tertiary/aromatic N) is 3. The van der Waals surface area contributed by atoms with Gasteiger partial charge >= 0.3 is 6.18 Å². The highest BCUT2D eigenvalue weighted by atomic mass is 32.2. The summed E-state index contributed by atoms with van der Waals surface area (Å²) in [5.74, 6) is 0.231. The lowest BCUT2D eigenvalue weighted by Crippen LogP contribution is -2.47. The molecule has 0 radical (unpaired) electrons. The maximum absolute atomic E-state index is 13.6. The van der Waals surface area contributed by atoms with Crippen LogP contribution < -0.4 is 15.8 Å². The first-order valence-electron chi connectivity index (χ1n) is 13.4. The van der Waals surface area contributed by atoms with Crippen LogP contribution in [-0.2, 0) is 16.9 Å². The van der Waals surface area contributed by atoms with Crippen LogP contribution in [0.2, 0.25) is 0 Å². The van der Waals surface area contributed by atoms with Gasteiger partial charge in [-0.2, -0.15) is 13.2 Å². The number of carbonyl (C=O) groups is 1. The van der Waals surface area contributed by atoms with Crippen molar-refractivity contribution in [3.05, 3.63) is 89.2 Å². The highest BCUT2D eigenvalue weighted by Gasteiger charge is 2.49. The number of halogens is 3. The summed E-state index contributed by atoms with van der Waals surface area (Å²) >= 11 is 1.63. The third-order valence-electron chi connectivity index (χ3n) is 7.43. The van der Waals surface area contributed by atoms with Crippen molar-refractivity contribution in [1.82, 2.24) is 25.6 Å². The SMILES string of the molecule is CC1=C=CC=CC1NCn1[n-]nc1SCCCCCC1(C(=O)NCC(F)(F)F)c2ccccc2-c2ccccc21. The predicted octanol–water partition coefficient (Wildman–Crippen LogP) is 5.72. The summed E-state index contributed by atoms with van der Waals surface area (Å²) < 4.78 is 41.0. The molecule has 40 heavy (non-hydrogen) atoms. The van der Waals surface area contributed by atoms with E-state index in [2.05, 4.69) is 32.8 Å². The van der Waals surface area contributed by atoms with E-state index in [4.69, 9.17) is 0 Å². The number of hydrogen-bond acceptors (Lipinski definition) is 4. The number of amides is 1. The van der Waals surface area contributed by atoms with Crippen molar-refractivity contribution in [2.24, 2.45) is 0 Å². The molecule has 10 heteroatoms. The second kappa shape index (κ2) is 12.0. The van der Waals surface area contributed by atoms with Gasteiger partial charge in [0.05, 0.1) is 12.7 Å². The van der Waals surface area contributed by atoms with Crippen molar-refractivity contribution in [2.75, 3.05) is 12.3 Å². The Kier molecular flexibility index (Phi) is 8.40. The first-order valence-corrected chi connectivity index (χ1v) is 14.3. The second-order valence-corrected chi connectivity index (χ2v) is 11.1. The van der Waals surface area contributed by atoms with Crippen LogP contribution in [-0.4, -0.2) is 40.2 Å². The van der Waals surface area contributed by atoms with E-state index in [0.29, 0.717) is 19.5 Å². The first kappa shape index (κ1) is 28.1. The van der Waals surface area contributed by atoms with E-state index in [1.807, 2.05) is 72.3 Å². The molecule has 1 atom stereocenters. The number of nitrogens with one attached hydrogen (secondary N) is 2. The Morgan fingerprint density at radius 3 is 2.42 bits per heavy atom. The van der Waals surface area contributed by atoms with E-state index in [0.717, 1.165) is 51.6 Å². The van der Waals surface area contributed by atoms with Crippen molar-refractivity contribution in [3.63, 3.8) is 0 Å². The summed E-state index contributed by atoms with van der Waals surface area (Å²) in [5.41, 5.74) is 6.51. The van der Waals surface area contributed by atoms with Crippen LogP contribution in [0.1, 0.15) is 43.7 Å². The van der Waals surface area contributed by atoms with Gasteiger partial charge in [0, 0.05) is 5.75 Å². The van der Waals surface area contributed by atoms with Gasteiger partial charge < -0.3 is 20.3 Å². The Morgan fingerprint density at radius 1 is 1.10 bits per heavy atom. The van der Waals surface area contributed by atoms with E-state index >= 15 is 0 Å². The zero-order chi connectivity index (χ0) is 28.2. The molecule has 2 N–H and O–H groups in total. The van der Waals surface area contributed by atoms with Crippen molar-refractivity contribution in [3.8, 4) is 11.1 Å². The largest absolute Gasteiger partial charge is 0.508 e. The molecule has 2 aromatic carbocycles. The molecule has 6 nitrogen and oxygen atoms in total. The predicted molar refractivity (Wildman–Crippen MR) is 150 cm³/mol. The van der Waals surface area contributed by atoms with Crippen LogP contribution in [0.15, 0.2) is 83.2 Å². The van der Waals surface area contributed by atoms with Gasteiger partial charge in [0.15, 0.2) is 0 Å². The molecule has 5 rings (SSSR count). The molecule has 2 aliphatic carbocycles. The third-order valence-corrected chi connectivity index (χ3v) is 8.47. The molecule has 210 valence electrons. The maximum Gasteiger partial charge on any atom is 0.405 e. The minimum atomic E-state index is -4.48. The van der Waals surface area contributed by atoms with Gasteiger partial charge in [-0.15, -0.1) is 5.73 Å². The van der Waals surface area contributed by atoms with Crippen molar-refractivity contribution >= 4 is 17.7 Å². The fourth-order valence-corrected chi connectivity index (χ4v) is 6.33. The fourth-order valence-electron chi connectivity index (χ4n) is 5.45. The highest BCUT2D eigenvalue weighted by molar-refractivity contribution is 7.99. The standard InChI is InChI=1S/C30H31F3N5OS/c1-21-11-3-8-16-26(21)35-20-38-28(36-37-38)40-18-10-2-9-17-29(27(39)34-19-30(31,32)33)24-14-6-4-12-22(24)23-13-5-7-15-25(23)29/h3-8,12-16,26,35H,2,9-10,17-20H2,1H3,(H,34,39)/q-1. The van der Waals surface area contributed by atoms with Gasteiger partial charge in [-0.05, 0) is 53.7 Å². The Bertz CT molecular complexity index is 1400.